The summed E-state index contributed by atoms with van der Waals surface area (Å²) in [5.74, 6) is -4.51. The van der Waals surface area contributed by atoms with Gasteiger partial charge in [0.2, 0.25) is 17.7 Å². The molecule has 0 saturated carbocycles. The van der Waals surface area contributed by atoms with Gasteiger partial charge in [-0.05, 0) is 32.1 Å². The average molecular weight is 457 g/mol. The van der Waals surface area contributed by atoms with Crippen molar-refractivity contribution < 1.29 is 34.2 Å². The van der Waals surface area contributed by atoms with E-state index in [0.29, 0.717) is 25.8 Å². The van der Waals surface area contributed by atoms with Crippen LogP contribution in [0.2, 0.25) is 0 Å². The Balaban J connectivity index is 2.90. The number of nitrogens with one attached hydrogen (secondary N) is 2. The molecule has 32 heavy (non-hydrogen) atoms. The van der Waals surface area contributed by atoms with Gasteiger partial charge < -0.3 is 42.9 Å². The third-order valence-corrected chi connectivity index (χ3v) is 4.89. The lowest BCUT2D eigenvalue weighted by molar-refractivity contribution is -0.144. The molecule has 0 spiro atoms. The molecule has 10 N–H and O–H groups in total. The molecule has 3 atom stereocenters. The number of carbonyl (C=O) groups excluding carboxylic acids is 3. The predicted octanol–water partition coefficient (Wildman–Crippen LogP) is -3.09. The molecule has 0 aromatic carbocycles. The van der Waals surface area contributed by atoms with E-state index in [9.17, 15) is 29.1 Å². The number of rotatable bonds is 13. The van der Waals surface area contributed by atoms with E-state index in [1.165, 1.54) is 4.90 Å². The summed E-state index contributed by atoms with van der Waals surface area (Å²) in [5, 5.41) is 22.9. The van der Waals surface area contributed by atoms with E-state index in [2.05, 4.69) is 15.6 Å². The molecule has 0 bridgehead atoms. The summed E-state index contributed by atoms with van der Waals surface area (Å²) in [5.41, 5.74) is 15.9. The van der Waals surface area contributed by atoms with Gasteiger partial charge in [-0.2, -0.15) is 0 Å². The molecule has 3 unspecified atom stereocenters. The fourth-order valence-corrected chi connectivity index (χ4v) is 3.29. The molecule has 180 valence electrons. The van der Waals surface area contributed by atoms with Crippen molar-refractivity contribution in [2.24, 2.45) is 22.2 Å². The number of amides is 3. The molecule has 1 rings (SSSR count). The van der Waals surface area contributed by atoms with Gasteiger partial charge in [0.15, 0.2) is 5.96 Å². The summed E-state index contributed by atoms with van der Waals surface area (Å²) < 4.78 is 0. The van der Waals surface area contributed by atoms with E-state index in [0.717, 1.165) is 0 Å². The van der Waals surface area contributed by atoms with Crippen molar-refractivity contribution in [3.8, 4) is 0 Å². The van der Waals surface area contributed by atoms with Crippen molar-refractivity contribution in [1.82, 2.24) is 15.5 Å². The van der Waals surface area contributed by atoms with Crippen LogP contribution in [0.25, 0.3) is 0 Å². The number of carbonyl (C=O) groups is 5. The number of carboxylic acids is 2. The largest absolute Gasteiger partial charge is 0.481 e. The second-order valence-electron chi connectivity index (χ2n) is 7.29. The van der Waals surface area contributed by atoms with Gasteiger partial charge in [-0.3, -0.25) is 24.2 Å². The number of hydrogen-bond acceptors (Lipinski definition) is 7. The molecule has 1 saturated heterocycles. The zero-order valence-corrected chi connectivity index (χ0v) is 17.7. The molecule has 14 nitrogen and oxygen atoms in total. The average Bonchev–Trinajstić information content (AvgIpc) is 3.21. The molecule has 14 heteroatoms. The Hall–Kier alpha value is -3.42. The summed E-state index contributed by atoms with van der Waals surface area (Å²) in [4.78, 5) is 64.7. The van der Waals surface area contributed by atoms with E-state index in [4.69, 9.17) is 22.3 Å². The van der Waals surface area contributed by atoms with Crippen molar-refractivity contribution in [1.29, 1.82) is 0 Å². The number of nitrogens with two attached hydrogens (primary N) is 3. The first-order chi connectivity index (χ1) is 15.1. The Labute approximate surface area is 184 Å². The van der Waals surface area contributed by atoms with Crippen LogP contribution < -0.4 is 27.8 Å². The Kier molecular flexibility index (Phi) is 10.9. The van der Waals surface area contributed by atoms with Crippen LogP contribution in [0.5, 0.6) is 0 Å². The van der Waals surface area contributed by atoms with E-state index < -0.39 is 54.2 Å². The molecule has 0 aliphatic carbocycles. The predicted molar refractivity (Wildman–Crippen MR) is 112 cm³/mol. The maximum absolute atomic E-state index is 12.8. The second kappa shape index (κ2) is 13.1. The molecule has 0 aromatic heterocycles. The highest BCUT2D eigenvalue weighted by molar-refractivity contribution is 5.94. The lowest BCUT2D eigenvalue weighted by Crippen LogP contribution is -2.55. The van der Waals surface area contributed by atoms with Crippen LogP contribution in [-0.4, -0.2) is 88.5 Å². The number of aliphatic carboxylic acids is 2. The number of likely N-dealkylation sites (tertiary alicyclic amines) is 1. The minimum atomic E-state index is -1.45. The Bertz CT molecular complexity index is 739. The van der Waals surface area contributed by atoms with E-state index >= 15 is 0 Å². The molecule has 1 aliphatic rings. The fraction of sp³-hybridized carbons (Fsp3) is 0.667. The third-order valence-electron chi connectivity index (χ3n) is 4.89. The maximum Gasteiger partial charge on any atom is 0.326 e. The Morgan fingerprint density at radius 1 is 1.06 bits per heavy atom. The number of nitrogens with zero attached hydrogens (tertiary/aromatic N) is 2. The van der Waals surface area contributed by atoms with E-state index in [1.54, 1.807) is 0 Å². The van der Waals surface area contributed by atoms with Crippen LogP contribution in [-0.2, 0) is 24.0 Å². The first kappa shape index (κ1) is 26.6. The van der Waals surface area contributed by atoms with Gasteiger partial charge in [0.1, 0.15) is 18.1 Å². The highest BCUT2D eigenvalue weighted by Crippen LogP contribution is 2.18. The molecular formula is C18H31N7O7. The molecule has 3 amide bonds. The van der Waals surface area contributed by atoms with Gasteiger partial charge in [-0.25, -0.2) is 4.79 Å². The van der Waals surface area contributed by atoms with Crippen LogP contribution in [0.3, 0.4) is 0 Å². The van der Waals surface area contributed by atoms with Crippen LogP contribution >= 0.6 is 0 Å². The van der Waals surface area contributed by atoms with Crippen molar-refractivity contribution in [3.05, 3.63) is 0 Å². The van der Waals surface area contributed by atoms with E-state index in [-0.39, 0.29) is 31.9 Å². The van der Waals surface area contributed by atoms with Crippen LogP contribution in [0, 0.1) is 0 Å². The van der Waals surface area contributed by atoms with Gasteiger partial charge >= 0.3 is 11.9 Å². The maximum atomic E-state index is 12.8. The smallest absolute Gasteiger partial charge is 0.326 e. The number of guanidine groups is 1. The standard InChI is InChI=1S/C18H31N7O7/c19-9-13(26)25-8-2-4-12(25)16(30)23-10(3-1-7-22-18(20)21)15(29)24-11(17(31)32)5-6-14(27)28/h10-12H,1-9,19H2,(H,23,30)(H,24,29)(H,27,28)(H,31,32)(H4,20,21,22). The van der Waals surface area contributed by atoms with Crippen LogP contribution in [0.1, 0.15) is 38.5 Å². The highest BCUT2D eigenvalue weighted by atomic mass is 16.4. The monoisotopic (exact) mass is 457 g/mol. The normalized spacial score (nSPS) is 17.2. The Morgan fingerprint density at radius 3 is 2.31 bits per heavy atom. The second-order valence-corrected chi connectivity index (χ2v) is 7.29. The topological polar surface area (TPSA) is 244 Å². The van der Waals surface area contributed by atoms with Gasteiger partial charge in [0.05, 0.1) is 6.54 Å². The summed E-state index contributed by atoms with van der Waals surface area (Å²) in [6.45, 7) is 0.284. The van der Waals surface area contributed by atoms with Gasteiger partial charge in [-0.1, -0.05) is 0 Å². The summed E-state index contributed by atoms with van der Waals surface area (Å²) in [7, 11) is 0. The van der Waals surface area contributed by atoms with Crippen LogP contribution in [0.15, 0.2) is 4.99 Å². The van der Waals surface area contributed by atoms with Crippen LogP contribution in [0.4, 0.5) is 0 Å². The Morgan fingerprint density at radius 2 is 1.75 bits per heavy atom. The quantitative estimate of drug-likeness (QED) is 0.0834. The van der Waals surface area contributed by atoms with E-state index in [1.807, 2.05) is 0 Å². The SMILES string of the molecule is NCC(=O)N1CCCC1C(=O)NC(CCCN=C(N)N)C(=O)NC(CCC(=O)O)C(=O)O. The zero-order valence-electron chi connectivity index (χ0n) is 17.7. The summed E-state index contributed by atoms with van der Waals surface area (Å²) in [6.07, 6.45) is 0.581. The highest BCUT2D eigenvalue weighted by Gasteiger charge is 2.35. The molecule has 0 radical (unpaired) electrons. The molecular weight excluding hydrogens is 426 g/mol. The van der Waals surface area contributed by atoms with Crippen molar-refractivity contribution in [3.63, 3.8) is 0 Å². The first-order valence-electron chi connectivity index (χ1n) is 10.2. The lowest BCUT2D eigenvalue weighted by Gasteiger charge is -2.26. The number of hydrogen-bond donors (Lipinski definition) is 7. The zero-order chi connectivity index (χ0) is 24.3. The lowest BCUT2D eigenvalue weighted by atomic mass is 10.1. The van der Waals surface area contributed by atoms with Crippen molar-refractivity contribution >= 4 is 35.6 Å². The van der Waals surface area contributed by atoms with Gasteiger partial charge in [0.25, 0.3) is 0 Å². The van der Waals surface area contributed by atoms with Gasteiger partial charge in [-0.15, -0.1) is 0 Å². The van der Waals surface area contributed by atoms with Crippen molar-refractivity contribution in [2.75, 3.05) is 19.6 Å². The minimum absolute atomic E-state index is 0.0805. The molecule has 1 heterocycles. The number of aliphatic imine (C=N–C) groups is 1. The first-order valence-corrected chi connectivity index (χ1v) is 10.2. The van der Waals surface area contributed by atoms with Crippen molar-refractivity contribution in [2.45, 2.75) is 56.7 Å². The third kappa shape index (κ3) is 8.75. The molecule has 0 aromatic rings. The summed E-state index contributed by atoms with van der Waals surface area (Å²) >= 11 is 0. The molecule has 1 fully saturated rings. The summed E-state index contributed by atoms with van der Waals surface area (Å²) in [6, 6.07) is -3.38. The number of carboxylic acid groups (broad SMARTS) is 2. The molecule has 1 aliphatic heterocycles. The minimum Gasteiger partial charge on any atom is -0.481 e. The fourth-order valence-electron chi connectivity index (χ4n) is 3.29. The van der Waals surface area contributed by atoms with Gasteiger partial charge in [0, 0.05) is 19.5 Å².